The molecule has 1 aliphatic heterocycles. The van der Waals surface area contributed by atoms with Crippen LogP contribution in [0.25, 0.3) is 0 Å². The smallest absolute Gasteiger partial charge is 0.407 e. The molecule has 0 bridgehead atoms. The molecule has 1 fully saturated rings. The average molecular weight is 363 g/mol. The topological polar surface area (TPSA) is 50.8 Å². The molecule has 0 aliphatic carbocycles. The molecule has 5 heteroatoms. The first kappa shape index (κ1) is 20.7. The molecule has 0 radical (unpaired) electrons. The minimum Gasteiger partial charge on any atom is -0.453 e. The molecule has 26 heavy (non-hydrogen) atoms. The van der Waals surface area contributed by atoms with Gasteiger partial charge in [-0.2, -0.15) is 5.06 Å². The fourth-order valence-corrected chi connectivity index (χ4v) is 4.31. The Kier molecular flexibility index (Phi) is 7.07. The van der Waals surface area contributed by atoms with Crippen molar-refractivity contribution in [1.82, 2.24) is 10.4 Å². The fraction of sp³-hybridized carbons (Fsp3) is 0.667. The first-order valence-electron chi connectivity index (χ1n) is 9.68. The number of hydrogen-bond acceptors (Lipinski definition) is 4. The summed E-state index contributed by atoms with van der Waals surface area (Å²) in [5.74, 6) is 0. The number of alkyl carbamates (subject to hydrolysis) is 1. The highest BCUT2D eigenvalue weighted by Crippen LogP contribution is 2.42. The number of nitrogens with zero attached hydrogens (tertiary/aromatic N) is 1. The van der Waals surface area contributed by atoms with E-state index in [0.29, 0.717) is 6.61 Å². The first-order chi connectivity index (χ1) is 12.4. The Morgan fingerprint density at radius 3 is 2.42 bits per heavy atom. The number of ether oxygens (including phenoxy) is 1. The van der Waals surface area contributed by atoms with Crippen molar-refractivity contribution in [3.63, 3.8) is 0 Å². The van der Waals surface area contributed by atoms with E-state index >= 15 is 0 Å². The lowest BCUT2D eigenvalue weighted by atomic mass is 9.74. The van der Waals surface area contributed by atoms with E-state index in [1.807, 2.05) is 6.07 Å². The van der Waals surface area contributed by atoms with Gasteiger partial charge in [0.1, 0.15) is 0 Å². The van der Waals surface area contributed by atoms with E-state index in [4.69, 9.17) is 9.57 Å². The Balaban J connectivity index is 2.10. The number of hydrogen-bond donors (Lipinski definition) is 1. The highest BCUT2D eigenvalue weighted by Gasteiger charge is 2.50. The quantitative estimate of drug-likeness (QED) is 0.785. The lowest BCUT2D eigenvalue weighted by Crippen LogP contribution is -2.66. The summed E-state index contributed by atoms with van der Waals surface area (Å²) in [4.78, 5) is 18.1. The predicted octanol–water partition coefficient (Wildman–Crippen LogP) is 4.32. The number of benzene rings is 1. The van der Waals surface area contributed by atoms with Crippen LogP contribution in [0.3, 0.4) is 0 Å². The van der Waals surface area contributed by atoms with E-state index in [0.717, 1.165) is 32.1 Å². The summed E-state index contributed by atoms with van der Waals surface area (Å²) in [5, 5.41) is 5.23. The summed E-state index contributed by atoms with van der Waals surface area (Å²) < 4.78 is 4.80. The zero-order valence-corrected chi connectivity index (χ0v) is 16.9. The second kappa shape index (κ2) is 8.87. The standard InChI is InChI=1S/C21H34N2O3/c1-6-21(7-2)16-18(22-19(24)25-5)15-20(3,4)23(21)26-14-13-17-11-9-8-10-12-17/h8-12,18H,6-7,13-16H2,1-5H3,(H,22,24). The second-order valence-corrected chi connectivity index (χ2v) is 7.85. The molecule has 1 aliphatic rings. The lowest BCUT2D eigenvalue weighted by Gasteiger charge is -2.56. The number of carbonyl (C=O) groups excluding carboxylic acids is 1. The summed E-state index contributed by atoms with van der Waals surface area (Å²) in [6.45, 7) is 9.45. The molecule has 1 aromatic rings. The van der Waals surface area contributed by atoms with Gasteiger partial charge in [0, 0.05) is 17.1 Å². The van der Waals surface area contributed by atoms with Gasteiger partial charge in [-0.05, 0) is 51.5 Å². The minimum atomic E-state index is -0.356. The van der Waals surface area contributed by atoms with Gasteiger partial charge in [-0.15, -0.1) is 0 Å². The summed E-state index contributed by atoms with van der Waals surface area (Å²) in [6.07, 6.45) is 4.17. The third-order valence-corrected chi connectivity index (χ3v) is 5.63. The number of nitrogens with one attached hydrogen (secondary N) is 1. The third-order valence-electron chi connectivity index (χ3n) is 5.63. The molecule has 1 unspecified atom stereocenters. The number of rotatable bonds is 7. The average Bonchev–Trinajstić information content (AvgIpc) is 2.63. The summed E-state index contributed by atoms with van der Waals surface area (Å²) in [7, 11) is 1.41. The number of methoxy groups -OCH3 is 1. The van der Waals surface area contributed by atoms with Gasteiger partial charge in [0.05, 0.1) is 13.7 Å². The largest absolute Gasteiger partial charge is 0.453 e. The molecule has 1 saturated heterocycles. The highest BCUT2D eigenvalue weighted by molar-refractivity contribution is 5.67. The van der Waals surface area contributed by atoms with E-state index < -0.39 is 0 Å². The Morgan fingerprint density at radius 1 is 1.19 bits per heavy atom. The molecule has 2 rings (SSSR count). The molecule has 146 valence electrons. The molecule has 0 aromatic heterocycles. The van der Waals surface area contributed by atoms with E-state index in [2.05, 4.69) is 62.3 Å². The Labute approximate surface area is 158 Å². The molecule has 0 spiro atoms. The maximum atomic E-state index is 11.7. The predicted molar refractivity (Wildman–Crippen MR) is 104 cm³/mol. The molecule has 1 amide bonds. The Bertz CT molecular complexity index is 570. The van der Waals surface area contributed by atoms with Crippen LogP contribution >= 0.6 is 0 Å². The maximum Gasteiger partial charge on any atom is 0.407 e. The normalized spacial score (nSPS) is 22.0. The van der Waals surface area contributed by atoms with E-state index in [1.54, 1.807) is 0 Å². The summed E-state index contributed by atoms with van der Waals surface area (Å²) in [5.41, 5.74) is 1.02. The molecule has 1 aromatic carbocycles. The van der Waals surface area contributed by atoms with Crippen molar-refractivity contribution in [2.45, 2.75) is 76.9 Å². The summed E-state index contributed by atoms with van der Waals surface area (Å²) in [6, 6.07) is 10.5. The van der Waals surface area contributed by atoms with E-state index in [9.17, 15) is 4.79 Å². The fourth-order valence-electron chi connectivity index (χ4n) is 4.31. The van der Waals surface area contributed by atoms with Crippen LogP contribution in [0, 0.1) is 0 Å². The number of hydroxylamine groups is 2. The number of piperidine rings is 1. The van der Waals surface area contributed by atoms with Crippen LogP contribution in [-0.4, -0.2) is 42.0 Å². The molecule has 1 N–H and O–H groups in total. The van der Waals surface area contributed by atoms with Crippen LogP contribution in [0.5, 0.6) is 0 Å². The number of amides is 1. The van der Waals surface area contributed by atoms with E-state index in [-0.39, 0.29) is 23.2 Å². The van der Waals surface area contributed by atoms with Crippen LogP contribution in [0.1, 0.15) is 58.9 Å². The van der Waals surface area contributed by atoms with E-state index in [1.165, 1.54) is 12.7 Å². The molecular weight excluding hydrogens is 328 g/mol. The lowest BCUT2D eigenvalue weighted by molar-refractivity contribution is -0.293. The zero-order chi connectivity index (χ0) is 19.2. The molecule has 0 saturated carbocycles. The number of carbonyl (C=O) groups is 1. The minimum absolute atomic E-state index is 0.0892. The zero-order valence-electron chi connectivity index (χ0n) is 16.9. The van der Waals surface area contributed by atoms with Crippen molar-refractivity contribution in [3.05, 3.63) is 35.9 Å². The third kappa shape index (κ3) is 4.77. The van der Waals surface area contributed by atoms with Crippen LogP contribution in [0.15, 0.2) is 30.3 Å². The molecular formula is C21H34N2O3. The van der Waals surface area contributed by atoms with Crippen molar-refractivity contribution in [2.24, 2.45) is 0 Å². The van der Waals surface area contributed by atoms with Gasteiger partial charge >= 0.3 is 6.09 Å². The van der Waals surface area contributed by atoms with Gasteiger partial charge in [0.15, 0.2) is 0 Å². The molecule has 5 nitrogen and oxygen atoms in total. The van der Waals surface area contributed by atoms with Gasteiger partial charge in [-0.3, -0.25) is 4.84 Å². The summed E-state index contributed by atoms with van der Waals surface area (Å²) >= 11 is 0. The van der Waals surface area contributed by atoms with Gasteiger partial charge in [0.2, 0.25) is 0 Å². The van der Waals surface area contributed by atoms with Crippen molar-refractivity contribution < 1.29 is 14.4 Å². The van der Waals surface area contributed by atoms with Gasteiger partial charge in [-0.1, -0.05) is 44.2 Å². The first-order valence-corrected chi connectivity index (χ1v) is 9.68. The van der Waals surface area contributed by atoms with Gasteiger partial charge in [-0.25, -0.2) is 4.79 Å². The van der Waals surface area contributed by atoms with Crippen molar-refractivity contribution in [3.8, 4) is 0 Å². The van der Waals surface area contributed by atoms with Crippen LogP contribution < -0.4 is 5.32 Å². The Morgan fingerprint density at radius 2 is 1.85 bits per heavy atom. The molecule has 1 atom stereocenters. The van der Waals surface area contributed by atoms with Crippen molar-refractivity contribution in [1.29, 1.82) is 0 Å². The van der Waals surface area contributed by atoms with Gasteiger partial charge < -0.3 is 10.1 Å². The monoisotopic (exact) mass is 362 g/mol. The molecule has 1 heterocycles. The van der Waals surface area contributed by atoms with Crippen LogP contribution in [0.4, 0.5) is 4.79 Å². The van der Waals surface area contributed by atoms with Crippen LogP contribution in [-0.2, 0) is 16.0 Å². The van der Waals surface area contributed by atoms with Crippen molar-refractivity contribution in [2.75, 3.05) is 13.7 Å². The van der Waals surface area contributed by atoms with Gasteiger partial charge in [0.25, 0.3) is 0 Å². The Hall–Kier alpha value is -1.59. The van der Waals surface area contributed by atoms with Crippen LogP contribution in [0.2, 0.25) is 0 Å². The second-order valence-electron chi connectivity index (χ2n) is 7.85. The SMILES string of the molecule is CCC1(CC)CC(NC(=O)OC)CC(C)(C)N1OCCc1ccccc1. The highest BCUT2D eigenvalue weighted by atomic mass is 16.7. The maximum absolute atomic E-state index is 11.7. The van der Waals surface area contributed by atoms with Crippen molar-refractivity contribution >= 4 is 6.09 Å².